The molecule has 2 amide bonds. The number of nitrogens with zero attached hydrogens (tertiary/aromatic N) is 2. The Kier molecular flexibility index (Phi) is 6.46. The number of carbonyl (C=O) groups is 1. The Hall–Kier alpha value is -2.39. The molecule has 1 aliphatic carbocycles. The summed E-state index contributed by atoms with van der Waals surface area (Å²) >= 11 is 1.36. The van der Waals surface area contributed by atoms with Gasteiger partial charge in [0.05, 0.1) is 37.1 Å². The highest BCUT2D eigenvalue weighted by atomic mass is 32.1. The lowest BCUT2D eigenvalue weighted by atomic mass is 10.2. The van der Waals surface area contributed by atoms with Gasteiger partial charge in [0.25, 0.3) is 5.88 Å². The van der Waals surface area contributed by atoms with E-state index in [4.69, 9.17) is 14.2 Å². The number of nitrogens with one attached hydrogen (secondary N) is 2. The third-order valence-electron chi connectivity index (χ3n) is 4.07. The van der Waals surface area contributed by atoms with Gasteiger partial charge in [-0.15, -0.1) is 0 Å². The van der Waals surface area contributed by atoms with Crippen molar-refractivity contribution in [3.05, 3.63) is 17.8 Å². The first-order valence-electron chi connectivity index (χ1n) is 8.80. The van der Waals surface area contributed by atoms with Gasteiger partial charge in [-0.2, -0.15) is 0 Å². The third-order valence-corrected chi connectivity index (χ3v) is 5.17. The van der Waals surface area contributed by atoms with Gasteiger partial charge in [0.15, 0.2) is 10.9 Å². The summed E-state index contributed by atoms with van der Waals surface area (Å²) in [5.74, 6) is 1.69. The number of pyridine rings is 1. The molecule has 1 saturated carbocycles. The molecule has 0 atom stereocenters. The number of amides is 2. The second-order valence-electron chi connectivity index (χ2n) is 6.24. The van der Waals surface area contributed by atoms with Gasteiger partial charge in [-0.05, 0) is 37.8 Å². The van der Waals surface area contributed by atoms with E-state index >= 15 is 0 Å². The third kappa shape index (κ3) is 5.30. The Balaban J connectivity index is 1.56. The van der Waals surface area contributed by atoms with Gasteiger partial charge in [-0.25, -0.2) is 14.8 Å². The Morgan fingerprint density at radius 1 is 1.26 bits per heavy atom. The molecule has 1 fully saturated rings. The Bertz CT molecular complexity index is 792. The summed E-state index contributed by atoms with van der Waals surface area (Å²) in [7, 11) is 3.11. The number of ether oxygens (including phenoxy) is 3. The molecule has 8 nitrogen and oxygen atoms in total. The van der Waals surface area contributed by atoms with Crippen molar-refractivity contribution < 1.29 is 19.0 Å². The summed E-state index contributed by atoms with van der Waals surface area (Å²) in [6.07, 6.45) is 2.52. The predicted octanol–water partition coefficient (Wildman–Crippen LogP) is 3.08. The highest BCUT2D eigenvalue weighted by Gasteiger charge is 2.21. The van der Waals surface area contributed by atoms with Crippen molar-refractivity contribution in [2.45, 2.75) is 19.8 Å². The van der Waals surface area contributed by atoms with E-state index in [1.54, 1.807) is 20.3 Å². The summed E-state index contributed by atoms with van der Waals surface area (Å²) in [5, 5.41) is 6.03. The van der Waals surface area contributed by atoms with E-state index in [-0.39, 0.29) is 6.03 Å². The molecule has 0 saturated heterocycles. The predicted molar refractivity (Wildman–Crippen MR) is 104 cm³/mol. The summed E-state index contributed by atoms with van der Waals surface area (Å²) in [5.41, 5.74) is 1.49. The molecule has 1 aliphatic rings. The van der Waals surface area contributed by atoms with Crippen LogP contribution >= 0.6 is 11.3 Å². The normalized spacial score (nSPS) is 13.3. The molecule has 2 N–H and O–H groups in total. The zero-order valence-corrected chi connectivity index (χ0v) is 16.5. The van der Waals surface area contributed by atoms with Gasteiger partial charge >= 0.3 is 6.03 Å². The van der Waals surface area contributed by atoms with Crippen LogP contribution in [-0.4, -0.2) is 50.0 Å². The molecule has 0 aliphatic heterocycles. The average Bonchev–Trinajstić information content (AvgIpc) is 3.42. The molecule has 9 heteroatoms. The maximum absolute atomic E-state index is 12.0. The lowest BCUT2D eigenvalue weighted by Crippen LogP contribution is -2.31. The van der Waals surface area contributed by atoms with Crippen LogP contribution in [0, 0.1) is 12.8 Å². The highest BCUT2D eigenvalue weighted by Crippen LogP contribution is 2.35. The minimum atomic E-state index is -0.300. The molecule has 2 aromatic rings. The fraction of sp³-hybridized carbons (Fsp3) is 0.500. The molecule has 146 valence electrons. The van der Waals surface area contributed by atoms with Crippen molar-refractivity contribution in [2.24, 2.45) is 5.92 Å². The standard InChI is InChI=1S/C18H24N4O4S/c1-11-15(13-6-7-14(24-2)16(21-13)25-3)27-18(20-11)22-17(23)19-8-9-26-10-12-4-5-12/h6-7,12H,4-5,8-10H2,1-3H3,(H2,19,20,22,23). The van der Waals surface area contributed by atoms with Gasteiger partial charge in [0, 0.05) is 13.2 Å². The van der Waals surface area contributed by atoms with Crippen LogP contribution < -0.4 is 20.1 Å². The lowest BCUT2D eigenvalue weighted by Gasteiger charge is -2.07. The zero-order valence-electron chi connectivity index (χ0n) is 15.7. The van der Waals surface area contributed by atoms with Crippen LogP contribution in [0.2, 0.25) is 0 Å². The number of urea groups is 1. The summed E-state index contributed by atoms with van der Waals surface area (Å²) in [6.45, 7) is 3.64. The Morgan fingerprint density at radius 2 is 2.07 bits per heavy atom. The molecule has 0 bridgehead atoms. The second-order valence-corrected chi connectivity index (χ2v) is 7.24. The first-order chi connectivity index (χ1) is 13.1. The topological polar surface area (TPSA) is 94.6 Å². The fourth-order valence-electron chi connectivity index (χ4n) is 2.46. The van der Waals surface area contributed by atoms with E-state index in [2.05, 4.69) is 20.6 Å². The summed E-state index contributed by atoms with van der Waals surface area (Å²) < 4.78 is 16.0. The van der Waals surface area contributed by atoms with Crippen LogP contribution in [0.15, 0.2) is 12.1 Å². The summed E-state index contributed by atoms with van der Waals surface area (Å²) in [6, 6.07) is 3.33. The van der Waals surface area contributed by atoms with Gasteiger partial charge < -0.3 is 19.5 Å². The molecule has 2 aromatic heterocycles. The van der Waals surface area contributed by atoms with Crippen molar-refractivity contribution in [1.82, 2.24) is 15.3 Å². The number of aryl methyl sites for hydroxylation is 1. The Morgan fingerprint density at radius 3 is 2.78 bits per heavy atom. The smallest absolute Gasteiger partial charge is 0.321 e. The van der Waals surface area contributed by atoms with Crippen molar-refractivity contribution in [3.8, 4) is 22.2 Å². The number of hydrogen-bond acceptors (Lipinski definition) is 7. The highest BCUT2D eigenvalue weighted by molar-refractivity contribution is 7.19. The van der Waals surface area contributed by atoms with Gasteiger partial charge in [-0.1, -0.05) is 11.3 Å². The maximum Gasteiger partial charge on any atom is 0.321 e. The molecule has 0 unspecified atom stereocenters. The number of carbonyl (C=O) groups excluding carboxylic acids is 1. The number of aromatic nitrogens is 2. The first kappa shape index (κ1) is 19.4. The van der Waals surface area contributed by atoms with Gasteiger partial charge in [0.1, 0.15) is 0 Å². The van der Waals surface area contributed by atoms with E-state index in [0.29, 0.717) is 35.6 Å². The molecule has 2 heterocycles. The van der Waals surface area contributed by atoms with E-state index < -0.39 is 0 Å². The van der Waals surface area contributed by atoms with Crippen LogP contribution in [0.1, 0.15) is 18.5 Å². The lowest BCUT2D eigenvalue weighted by molar-refractivity contribution is 0.127. The number of anilines is 1. The van der Waals surface area contributed by atoms with Crippen LogP contribution in [0.3, 0.4) is 0 Å². The zero-order chi connectivity index (χ0) is 19.2. The summed E-state index contributed by atoms with van der Waals surface area (Å²) in [4.78, 5) is 21.7. The fourth-order valence-corrected chi connectivity index (χ4v) is 3.39. The second kappa shape index (κ2) is 9.01. The van der Waals surface area contributed by atoms with E-state index in [1.165, 1.54) is 24.2 Å². The quantitative estimate of drug-likeness (QED) is 0.637. The number of rotatable bonds is 9. The maximum atomic E-state index is 12.0. The van der Waals surface area contributed by atoms with Gasteiger partial charge in [0.2, 0.25) is 0 Å². The molecule has 3 rings (SSSR count). The van der Waals surface area contributed by atoms with Crippen molar-refractivity contribution in [1.29, 1.82) is 0 Å². The van der Waals surface area contributed by atoms with Crippen LogP contribution in [0.4, 0.5) is 9.93 Å². The van der Waals surface area contributed by atoms with Gasteiger partial charge in [-0.3, -0.25) is 5.32 Å². The van der Waals surface area contributed by atoms with Crippen molar-refractivity contribution >= 4 is 22.5 Å². The molecule has 0 radical (unpaired) electrons. The SMILES string of the molecule is COc1ccc(-c2sc(NC(=O)NCCOCC3CC3)nc2C)nc1OC. The minimum absolute atomic E-state index is 0.300. The van der Waals surface area contributed by atoms with Crippen LogP contribution in [0.25, 0.3) is 10.6 Å². The van der Waals surface area contributed by atoms with Crippen LogP contribution in [0.5, 0.6) is 11.6 Å². The van der Waals surface area contributed by atoms with Crippen molar-refractivity contribution in [2.75, 3.05) is 39.3 Å². The molecule has 27 heavy (non-hydrogen) atoms. The monoisotopic (exact) mass is 392 g/mol. The molecular weight excluding hydrogens is 368 g/mol. The number of hydrogen-bond donors (Lipinski definition) is 2. The largest absolute Gasteiger partial charge is 0.491 e. The Labute approximate surface area is 162 Å². The molecular formula is C18H24N4O4S. The number of methoxy groups -OCH3 is 2. The minimum Gasteiger partial charge on any atom is -0.491 e. The number of thiazole rings is 1. The van der Waals surface area contributed by atoms with E-state index in [1.807, 2.05) is 13.0 Å². The first-order valence-corrected chi connectivity index (χ1v) is 9.61. The van der Waals surface area contributed by atoms with Crippen molar-refractivity contribution in [3.63, 3.8) is 0 Å². The van der Waals surface area contributed by atoms with Crippen LogP contribution in [-0.2, 0) is 4.74 Å². The molecule has 0 aromatic carbocycles. The average molecular weight is 392 g/mol. The van der Waals surface area contributed by atoms with E-state index in [9.17, 15) is 4.79 Å². The van der Waals surface area contributed by atoms with E-state index in [0.717, 1.165) is 23.1 Å². The molecule has 0 spiro atoms.